The molecule has 0 aliphatic heterocycles. The van der Waals surface area contributed by atoms with E-state index in [0.29, 0.717) is 5.92 Å². The molecular weight excluding hydrogens is 278 g/mol. The van der Waals surface area contributed by atoms with Crippen molar-refractivity contribution >= 4 is 21.6 Å². The highest BCUT2D eigenvalue weighted by atomic mass is 79.9. The summed E-state index contributed by atoms with van der Waals surface area (Å²) in [5.74, 6) is 0.382. The van der Waals surface area contributed by atoms with Gasteiger partial charge in [0.05, 0.1) is 24.1 Å². The van der Waals surface area contributed by atoms with Crippen molar-refractivity contribution in [2.45, 2.75) is 26.3 Å². The Hall–Kier alpha value is -1.29. The summed E-state index contributed by atoms with van der Waals surface area (Å²) in [6.45, 7) is 5.02. The minimum absolute atomic E-state index is 0.382. The Morgan fingerprint density at radius 2 is 1.94 bits per heavy atom. The number of hydrogen-bond donors (Lipinski definition) is 1. The van der Waals surface area contributed by atoms with Crippen LogP contribution in [-0.2, 0) is 6.54 Å². The molecule has 0 aliphatic carbocycles. The van der Waals surface area contributed by atoms with E-state index in [-0.39, 0.29) is 0 Å². The van der Waals surface area contributed by atoms with Gasteiger partial charge in [0, 0.05) is 4.47 Å². The molecule has 2 N–H and O–H groups in total. The Balaban J connectivity index is 2.27. The van der Waals surface area contributed by atoms with Crippen molar-refractivity contribution in [2.24, 2.45) is 0 Å². The second-order valence-corrected chi connectivity index (χ2v) is 5.34. The van der Waals surface area contributed by atoms with Crippen molar-refractivity contribution in [2.75, 3.05) is 5.73 Å². The number of halogens is 1. The van der Waals surface area contributed by atoms with E-state index < -0.39 is 0 Å². The normalized spacial score (nSPS) is 11.1. The van der Waals surface area contributed by atoms with Crippen molar-refractivity contribution in [1.29, 1.82) is 0 Å². The average Bonchev–Trinajstić information content (AvgIpc) is 2.63. The van der Waals surface area contributed by atoms with Crippen LogP contribution in [0, 0.1) is 0 Å². The monoisotopic (exact) mass is 293 g/mol. The fourth-order valence-electron chi connectivity index (χ4n) is 1.93. The molecule has 1 aromatic heterocycles. The fraction of sp³-hybridized carbons (Fsp3) is 0.308. The molecule has 0 saturated heterocycles. The van der Waals surface area contributed by atoms with Gasteiger partial charge in [-0.25, -0.2) is 0 Å². The van der Waals surface area contributed by atoms with E-state index in [4.69, 9.17) is 5.73 Å². The third kappa shape index (κ3) is 2.69. The van der Waals surface area contributed by atoms with Crippen molar-refractivity contribution < 1.29 is 0 Å². The van der Waals surface area contributed by atoms with Gasteiger partial charge in [0.2, 0.25) is 0 Å². The summed E-state index contributed by atoms with van der Waals surface area (Å²) in [4.78, 5) is 0. The Labute approximate surface area is 110 Å². The van der Waals surface area contributed by atoms with E-state index in [1.807, 2.05) is 16.8 Å². The van der Waals surface area contributed by atoms with Crippen molar-refractivity contribution in [3.63, 3.8) is 0 Å². The number of hydrogen-bond acceptors (Lipinski definition) is 2. The molecule has 0 radical (unpaired) electrons. The quantitative estimate of drug-likeness (QED) is 0.943. The van der Waals surface area contributed by atoms with Gasteiger partial charge in [-0.2, -0.15) is 5.10 Å². The summed E-state index contributed by atoms with van der Waals surface area (Å²) in [6.07, 6.45) is 1.73. The van der Waals surface area contributed by atoms with Crippen molar-refractivity contribution in [3.8, 4) is 0 Å². The average molecular weight is 294 g/mol. The third-order valence-corrected chi connectivity index (χ3v) is 3.23. The van der Waals surface area contributed by atoms with Gasteiger partial charge in [0.1, 0.15) is 0 Å². The number of benzene rings is 1. The number of anilines is 1. The Kier molecular flexibility index (Phi) is 3.52. The van der Waals surface area contributed by atoms with Crippen LogP contribution in [0.25, 0.3) is 0 Å². The molecule has 2 rings (SSSR count). The second kappa shape index (κ2) is 4.92. The second-order valence-electron chi connectivity index (χ2n) is 4.42. The Morgan fingerprint density at radius 3 is 2.53 bits per heavy atom. The molecule has 90 valence electrons. The summed E-state index contributed by atoms with van der Waals surface area (Å²) in [5, 5.41) is 4.33. The van der Waals surface area contributed by atoms with E-state index >= 15 is 0 Å². The first-order valence-corrected chi connectivity index (χ1v) is 6.43. The lowest BCUT2D eigenvalue weighted by Gasteiger charge is -2.11. The third-order valence-electron chi connectivity index (χ3n) is 2.70. The molecule has 0 unspecified atom stereocenters. The molecule has 1 heterocycles. The van der Waals surface area contributed by atoms with Gasteiger partial charge >= 0.3 is 0 Å². The van der Waals surface area contributed by atoms with E-state index in [0.717, 1.165) is 22.4 Å². The van der Waals surface area contributed by atoms with Crippen LogP contribution in [0.2, 0.25) is 0 Å². The van der Waals surface area contributed by atoms with Crippen LogP contribution in [-0.4, -0.2) is 9.78 Å². The molecule has 0 saturated carbocycles. The molecule has 17 heavy (non-hydrogen) atoms. The standard InChI is InChI=1S/C13H16BrN3/c1-9(2)13-12(15)7-16-17(13)8-10-3-5-11(14)6-4-10/h3-7,9H,8,15H2,1-2H3. The largest absolute Gasteiger partial charge is 0.396 e. The Morgan fingerprint density at radius 1 is 1.29 bits per heavy atom. The fourth-order valence-corrected chi connectivity index (χ4v) is 2.19. The molecule has 0 atom stereocenters. The first-order chi connectivity index (χ1) is 8.08. The molecule has 0 amide bonds. The zero-order chi connectivity index (χ0) is 12.4. The van der Waals surface area contributed by atoms with Gasteiger partial charge in [0.25, 0.3) is 0 Å². The van der Waals surface area contributed by atoms with Gasteiger partial charge < -0.3 is 5.73 Å². The lowest BCUT2D eigenvalue weighted by molar-refractivity contribution is 0.618. The summed E-state index contributed by atoms with van der Waals surface area (Å²) in [7, 11) is 0. The highest BCUT2D eigenvalue weighted by Gasteiger charge is 2.11. The predicted molar refractivity (Wildman–Crippen MR) is 74.0 cm³/mol. The molecule has 0 spiro atoms. The number of nitrogens with two attached hydrogens (primary N) is 1. The summed E-state index contributed by atoms with van der Waals surface area (Å²) < 4.78 is 3.06. The van der Waals surface area contributed by atoms with Crippen LogP contribution in [0.3, 0.4) is 0 Å². The summed E-state index contributed by atoms with van der Waals surface area (Å²) in [6, 6.07) is 8.26. The lowest BCUT2D eigenvalue weighted by Crippen LogP contribution is -2.08. The van der Waals surface area contributed by atoms with Crippen LogP contribution in [0.5, 0.6) is 0 Å². The molecule has 0 fully saturated rings. The van der Waals surface area contributed by atoms with Crippen LogP contribution in [0.4, 0.5) is 5.69 Å². The molecular formula is C13H16BrN3. The maximum absolute atomic E-state index is 5.93. The Bertz CT molecular complexity index is 500. The maximum atomic E-state index is 5.93. The van der Waals surface area contributed by atoms with E-state index in [2.05, 4.69) is 47.0 Å². The zero-order valence-corrected chi connectivity index (χ0v) is 11.6. The topological polar surface area (TPSA) is 43.8 Å². The molecule has 1 aromatic carbocycles. The maximum Gasteiger partial charge on any atom is 0.0735 e. The van der Waals surface area contributed by atoms with Gasteiger partial charge in [-0.1, -0.05) is 41.9 Å². The zero-order valence-electron chi connectivity index (χ0n) is 10.0. The minimum Gasteiger partial charge on any atom is -0.396 e. The molecule has 0 aliphatic rings. The van der Waals surface area contributed by atoms with Gasteiger partial charge in [0.15, 0.2) is 0 Å². The van der Waals surface area contributed by atoms with Gasteiger partial charge in [-0.3, -0.25) is 4.68 Å². The van der Waals surface area contributed by atoms with E-state index in [9.17, 15) is 0 Å². The first kappa shape index (κ1) is 12.2. The number of rotatable bonds is 3. The van der Waals surface area contributed by atoms with Crippen LogP contribution in [0.1, 0.15) is 31.0 Å². The van der Waals surface area contributed by atoms with E-state index in [1.54, 1.807) is 6.20 Å². The molecule has 3 nitrogen and oxygen atoms in total. The van der Waals surface area contributed by atoms with Crippen LogP contribution >= 0.6 is 15.9 Å². The van der Waals surface area contributed by atoms with Crippen LogP contribution in [0.15, 0.2) is 34.9 Å². The smallest absolute Gasteiger partial charge is 0.0735 e. The van der Waals surface area contributed by atoms with Crippen molar-refractivity contribution in [3.05, 3.63) is 46.2 Å². The minimum atomic E-state index is 0.382. The van der Waals surface area contributed by atoms with Gasteiger partial charge in [-0.05, 0) is 23.6 Å². The SMILES string of the molecule is CC(C)c1c(N)cnn1Cc1ccc(Br)cc1. The van der Waals surface area contributed by atoms with Crippen LogP contribution < -0.4 is 5.73 Å². The predicted octanol–water partition coefficient (Wildman–Crippen LogP) is 3.40. The first-order valence-electron chi connectivity index (χ1n) is 5.63. The highest BCUT2D eigenvalue weighted by Crippen LogP contribution is 2.22. The number of aromatic nitrogens is 2. The molecule has 2 aromatic rings. The summed E-state index contributed by atoms with van der Waals surface area (Å²) in [5.41, 5.74) is 9.03. The van der Waals surface area contributed by atoms with Crippen molar-refractivity contribution in [1.82, 2.24) is 9.78 Å². The molecule has 4 heteroatoms. The number of nitrogen functional groups attached to an aromatic ring is 1. The van der Waals surface area contributed by atoms with Gasteiger partial charge in [-0.15, -0.1) is 0 Å². The number of nitrogens with zero attached hydrogens (tertiary/aromatic N) is 2. The summed E-state index contributed by atoms with van der Waals surface area (Å²) >= 11 is 3.43. The molecule has 0 bridgehead atoms. The highest BCUT2D eigenvalue weighted by molar-refractivity contribution is 9.10. The van der Waals surface area contributed by atoms with E-state index in [1.165, 1.54) is 5.56 Å². The lowest BCUT2D eigenvalue weighted by atomic mass is 10.1.